The maximum absolute atomic E-state index is 13.2. The average molecular weight is 368 g/mol. The lowest BCUT2D eigenvalue weighted by Gasteiger charge is -2.37. The number of hydrogen-bond donors (Lipinski definition) is 2. The second-order valence-corrected chi connectivity index (χ2v) is 10.2. The quantitative estimate of drug-likeness (QED) is 0.798. The average Bonchev–Trinajstić information content (AvgIpc) is 2.81. The predicted octanol–water partition coefficient (Wildman–Crippen LogP) is 2.49. The minimum atomic E-state index is -0.985. The molecule has 0 aromatic carbocycles. The predicted molar refractivity (Wildman–Crippen MR) is 96.5 cm³/mol. The van der Waals surface area contributed by atoms with Crippen LogP contribution in [0.15, 0.2) is 0 Å². The maximum atomic E-state index is 13.2. The fourth-order valence-corrected chi connectivity index (χ4v) is 4.04. The van der Waals surface area contributed by atoms with Crippen molar-refractivity contribution in [3.63, 3.8) is 0 Å². The molecule has 4 atom stereocenters. The van der Waals surface area contributed by atoms with E-state index in [1.807, 2.05) is 34.6 Å². The fraction of sp³-hybridized carbons (Fsp3) is 0.842. The zero-order valence-electron chi connectivity index (χ0n) is 17.0. The van der Waals surface area contributed by atoms with Crippen molar-refractivity contribution in [2.45, 2.75) is 73.1 Å². The number of rotatable bonds is 3. The number of nitrogens with one attached hydrogen (secondary N) is 1. The van der Waals surface area contributed by atoms with Crippen LogP contribution in [0.4, 0.5) is 4.79 Å². The highest BCUT2D eigenvalue weighted by Gasteiger charge is 2.70. The molecule has 0 radical (unpaired) electrons. The van der Waals surface area contributed by atoms with Gasteiger partial charge in [0.25, 0.3) is 0 Å². The second kappa shape index (κ2) is 6.13. The van der Waals surface area contributed by atoms with E-state index in [2.05, 4.69) is 5.32 Å². The Bertz CT molecular complexity index is 614. The van der Waals surface area contributed by atoms with Crippen molar-refractivity contribution < 1.29 is 24.2 Å². The first-order valence-corrected chi connectivity index (χ1v) is 9.10. The molecule has 0 aromatic heterocycles. The van der Waals surface area contributed by atoms with Gasteiger partial charge < -0.3 is 20.1 Å². The van der Waals surface area contributed by atoms with E-state index < -0.39 is 35.2 Å². The van der Waals surface area contributed by atoms with Crippen molar-refractivity contribution >= 4 is 18.0 Å². The zero-order valence-corrected chi connectivity index (χ0v) is 17.0. The minimum absolute atomic E-state index is 0.0360. The minimum Gasteiger partial charge on any atom is -0.480 e. The van der Waals surface area contributed by atoms with Crippen molar-refractivity contribution in [1.29, 1.82) is 0 Å². The number of fused-ring (bicyclic) bond motifs is 1. The highest BCUT2D eigenvalue weighted by atomic mass is 16.6. The number of carbonyl (C=O) groups is 3. The Hall–Kier alpha value is -1.79. The maximum Gasteiger partial charge on any atom is 0.408 e. The highest BCUT2D eigenvalue weighted by Crippen LogP contribution is 2.65. The summed E-state index contributed by atoms with van der Waals surface area (Å²) in [6.45, 7) is 15.2. The Labute approximate surface area is 155 Å². The second-order valence-electron chi connectivity index (χ2n) is 10.2. The van der Waals surface area contributed by atoms with Crippen LogP contribution in [0.3, 0.4) is 0 Å². The van der Waals surface area contributed by atoms with Gasteiger partial charge in [-0.05, 0) is 37.5 Å². The highest BCUT2D eigenvalue weighted by molar-refractivity contribution is 5.91. The number of nitrogens with zero attached hydrogens (tertiary/aromatic N) is 1. The molecule has 7 nitrogen and oxygen atoms in total. The lowest BCUT2D eigenvalue weighted by atomic mass is 9.85. The third-order valence-corrected chi connectivity index (χ3v) is 5.52. The molecule has 2 aliphatic rings. The summed E-state index contributed by atoms with van der Waals surface area (Å²) in [7, 11) is 0. The number of piperidine rings is 1. The number of carboxylic acids is 1. The molecule has 26 heavy (non-hydrogen) atoms. The van der Waals surface area contributed by atoms with Gasteiger partial charge in [-0.25, -0.2) is 9.59 Å². The zero-order chi connectivity index (χ0) is 20.2. The molecule has 148 valence electrons. The molecule has 1 aliphatic carbocycles. The Morgan fingerprint density at radius 2 is 1.69 bits per heavy atom. The van der Waals surface area contributed by atoms with Crippen LogP contribution < -0.4 is 5.32 Å². The first kappa shape index (κ1) is 20.5. The largest absolute Gasteiger partial charge is 0.480 e. The van der Waals surface area contributed by atoms with E-state index in [1.54, 1.807) is 20.8 Å². The standard InChI is InChI=1S/C19H32N2O5/c1-17(2,3)13(20-16(25)26-18(4,5)6)14(22)21-9-10-11(19(10,7)8)12(21)15(23)24/h10-13H,9H2,1-8H3,(H,20,25)(H,23,24)/t10-,11?,12-,13?/m0/s1. The van der Waals surface area contributed by atoms with Gasteiger partial charge in [-0.1, -0.05) is 34.6 Å². The van der Waals surface area contributed by atoms with Crippen molar-refractivity contribution in [3.05, 3.63) is 0 Å². The van der Waals surface area contributed by atoms with Crippen LogP contribution in [0.2, 0.25) is 0 Å². The summed E-state index contributed by atoms with van der Waals surface area (Å²) in [5.74, 6) is -1.19. The van der Waals surface area contributed by atoms with Crippen LogP contribution in [0, 0.1) is 22.7 Å². The fourth-order valence-electron chi connectivity index (χ4n) is 4.04. The number of likely N-dealkylation sites (tertiary alicyclic amines) is 1. The monoisotopic (exact) mass is 368 g/mol. The number of carboxylic acid groups (broad SMARTS) is 1. The molecule has 1 heterocycles. The summed E-state index contributed by atoms with van der Waals surface area (Å²) in [5.41, 5.74) is -1.33. The number of amides is 2. The van der Waals surface area contributed by atoms with E-state index in [0.29, 0.717) is 6.54 Å². The molecule has 2 fully saturated rings. The molecule has 0 aromatic rings. The lowest BCUT2D eigenvalue weighted by molar-refractivity contribution is -0.152. The van der Waals surface area contributed by atoms with Gasteiger partial charge in [-0.15, -0.1) is 0 Å². The number of alkyl carbamates (subject to hydrolysis) is 1. The van der Waals surface area contributed by atoms with E-state index in [9.17, 15) is 19.5 Å². The molecule has 2 amide bonds. The van der Waals surface area contributed by atoms with Crippen LogP contribution in [-0.2, 0) is 14.3 Å². The summed E-state index contributed by atoms with van der Waals surface area (Å²) < 4.78 is 5.28. The molecule has 2 N–H and O–H groups in total. The van der Waals surface area contributed by atoms with Crippen molar-refractivity contribution in [1.82, 2.24) is 10.2 Å². The molecular weight excluding hydrogens is 336 g/mol. The van der Waals surface area contributed by atoms with Crippen LogP contribution in [0.1, 0.15) is 55.4 Å². The number of ether oxygens (including phenoxy) is 1. The Morgan fingerprint density at radius 3 is 2.12 bits per heavy atom. The summed E-state index contributed by atoms with van der Waals surface area (Å²) in [6.07, 6.45) is -0.678. The first-order chi connectivity index (χ1) is 11.6. The van der Waals surface area contributed by atoms with Gasteiger partial charge >= 0.3 is 12.1 Å². The van der Waals surface area contributed by atoms with Gasteiger partial charge in [0.1, 0.15) is 17.7 Å². The summed E-state index contributed by atoms with van der Waals surface area (Å²) >= 11 is 0. The summed E-state index contributed by atoms with van der Waals surface area (Å²) in [6, 6.07) is -1.70. The van der Waals surface area contributed by atoms with Gasteiger partial charge in [0.05, 0.1) is 0 Å². The van der Waals surface area contributed by atoms with Gasteiger partial charge in [0.2, 0.25) is 5.91 Å². The topological polar surface area (TPSA) is 95.9 Å². The Balaban J connectivity index is 2.20. The van der Waals surface area contributed by atoms with Gasteiger partial charge in [0.15, 0.2) is 0 Å². The number of aliphatic carboxylic acids is 1. The van der Waals surface area contributed by atoms with Crippen LogP contribution >= 0.6 is 0 Å². The molecule has 0 bridgehead atoms. The molecule has 7 heteroatoms. The van der Waals surface area contributed by atoms with Gasteiger partial charge in [-0.2, -0.15) is 0 Å². The van der Waals surface area contributed by atoms with E-state index in [4.69, 9.17) is 4.74 Å². The molecule has 1 saturated heterocycles. The van der Waals surface area contributed by atoms with Crippen LogP contribution in [-0.4, -0.2) is 52.2 Å². The Morgan fingerprint density at radius 1 is 1.15 bits per heavy atom. The Kier molecular flexibility index (Phi) is 4.84. The molecule has 0 spiro atoms. The van der Waals surface area contributed by atoms with Gasteiger partial charge in [-0.3, -0.25) is 4.79 Å². The normalized spacial score (nSPS) is 28.2. The van der Waals surface area contributed by atoms with E-state index >= 15 is 0 Å². The summed E-state index contributed by atoms with van der Waals surface area (Å²) in [4.78, 5) is 38.6. The molecule has 1 saturated carbocycles. The van der Waals surface area contributed by atoms with E-state index in [1.165, 1.54) is 4.90 Å². The van der Waals surface area contributed by atoms with Crippen molar-refractivity contribution in [3.8, 4) is 0 Å². The third-order valence-electron chi connectivity index (χ3n) is 5.52. The first-order valence-electron chi connectivity index (χ1n) is 9.10. The van der Waals surface area contributed by atoms with Crippen LogP contribution in [0.5, 0.6) is 0 Å². The number of carbonyl (C=O) groups excluding carboxylic acids is 2. The van der Waals surface area contributed by atoms with E-state index in [0.717, 1.165) is 0 Å². The van der Waals surface area contributed by atoms with Crippen LogP contribution in [0.25, 0.3) is 0 Å². The molecular formula is C19H32N2O5. The smallest absolute Gasteiger partial charge is 0.408 e. The SMILES string of the molecule is CC(C)(C)OC(=O)NC(C(=O)N1C[C@H]2C([C@H]1C(=O)O)C2(C)C)C(C)(C)C. The molecule has 2 rings (SSSR count). The van der Waals surface area contributed by atoms with Gasteiger partial charge in [0, 0.05) is 12.5 Å². The molecule has 1 aliphatic heterocycles. The van der Waals surface area contributed by atoms with Crippen molar-refractivity contribution in [2.75, 3.05) is 6.54 Å². The third kappa shape index (κ3) is 3.81. The summed E-state index contributed by atoms with van der Waals surface area (Å²) in [5, 5.41) is 12.3. The number of hydrogen-bond acceptors (Lipinski definition) is 4. The van der Waals surface area contributed by atoms with E-state index in [-0.39, 0.29) is 23.2 Å². The molecule has 2 unspecified atom stereocenters. The lowest BCUT2D eigenvalue weighted by Crippen LogP contribution is -2.58. The van der Waals surface area contributed by atoms with Crippen molar-refractivity contribution in [2.24, 2.45) is 22.7 Å².